The van der Waals surface area contributed by atoms with Gasteiger partial charge in [-0.05, 0) is 19.1 Å². The molecule has 90 valence electrons. The number of fused-ring (bicyclic) bond motifs is 1. The number of aromatic nitrogens is 2. The van der Waals surface area contributed by atoms with Gasteiger partial charge in [0.05, 0.1) is 36.3 Å². The molecule has 17 heavy (non-hydrogen) atoms. The Morgan fingerprint density at radius 2 is 2.41 bits per heavy atom. The van der Waals surface area contributed by atoms with Gasteiger partial charge in [-0.25, -0.2) is 0 Å². The molecule has 3 rings (SSSR count). The van der Waals surface area contributed by atoms with Gasteiger partial charge in [-0.2, -0.15) is 5.10 Å². The van der Waals surface area contributed by atoms with E-state index in [9.17, 15) is 0 Å². The highest BCUT2D eigenvalue weighted by molar-refractivity contribution is 5.89. The van der Waals surface area contributed by atoms with Crippen molar-refractivity contribution in [3.8, 4) is 0 Å². The summed E-state index contributed by atoms with van der Waals surface area (Å²) in [7, 11) is 0. The summed E-state index contributed by atoms with van der Waals surface area (Å²) in [5, 5.41) is 8.05. The van der Waals surface area contributed by atoms with Crippen LogP contribution in [0.15, 0.2) is 18.3 Å². The van der Waals surface area contributed by atoms with Crippen molar-refractivity contribution in [3.63, 3.8) is 0 Å². The third kappa shape index (κ3) is 1.72. The minimum Gasteiger partial charge on any atom is -0.397 e. The number of nitrogen functional groups attached to an aromatic ring is 1. The van der Waals surface area contributed by atoms with Crippen LogP contribution in [0.4, 0.5) is 11.4 Å². The molecule has 3 N–H and O–H groups in total. The molecule has 2 aromatic rings. The first kappa shape index (κ1) is 10.4. The highest BCUT2D eigenvalue weighted by atomic mass is 16.5. The van der Waals surface area contributed by atoms with Gasteiger partial charge in [0.2, 0.25) is 0 Å². The van der Waals surface area contributed by atoms with Crippen molar-refractivity contribution in [1.82, 2.24) is 10.2 Å². The molecule has 1 aliphatic heterocycles. The first-order chi connectivity index (χ1) is 8.25. The highest BCUT2D eigenvalue weighted by Gasteiger charge is 2.21. The number of nitrogens with two attached hydrogens (primary N) is 1. The quantitative estimate of drug-likeness (QED) is 0.729. The number of benzene rings is 1. The third-order valence-electron chi connectivity index (χ3n) is 3.26. The van der Waals surface area contributed by atoms with E-state index in [1.807, 2.05) is 6.07 Å². The van der Waals surface area contributed by atoms with E-state index in [1.54, 1.807) is 6.20 Å². The molecule has 1 aromatic carbocycles. The number of anilines is 2. The average molecular weight is 232 g/mol. The maximum atomic E-state index is 6.11. The number of H-pyrrole nitrogens is 1. The number of rotatable bonds is 1. The summed E-state index contributed by atoms with van der Waals surface area (Å²) < 4.78 is 5.44. The summed E-state index contributed by atoms with van der Waals surface area (Å²) in [5.41, 5.74) is 9.00. The molecule has 1 atom stereocenters. The van der Waals surface area contributed by atoms with E-state index in [0.717, 1.165) is 42.0 Å². The molecule has 5 nitrogen and oxygen atoms in total. The zero-order chi connectivity index (χ0) is 11.8. The summed E-state index contributed by atoms with van der Waals surface area (Å²) in [4.78, 5) is 2.29. The Kier molecular flexibility index (Phi) is 2.40. The standard InChI is InChI=1S/C12H16N4O/c1-8-7-17-3-2-16(8)12-5-11-9(4-10(12)13)6-14-15-11/h4-6,8H,2-3,7,13H2,1H3,(H,14,15). The van der Waals surface area contributed by atoms with Gasteiger partial charge in [-0.15, -0.1) is 0 Å². The van der Waals surface area contributed by atoms with E-state index in [2.05, 4.69) is 28.1 Å². The van der Waals surface area contributed by atoms with Crippen LogP contribution in [0.2, 0.25) is 0 Å². The Hall–Kier alpha value is -1.75. The predicted octanol–water partition coefficient (Wildman–Crippen LogP) is 1.37. The van der Waals surface area contributed by atoms with Crippen molar-refractivity contribution >= 4 is 22.3 Å². The van der Waals surface area contributed by atoms with Crippen LogP contribution in [0.25, 0.3) is 10.9 Å². The largest absolute Gasteiger partial charge is 0.397 e. The third-order valence-corrected chi connectivity index (χ3v) is 3.26. The van der Waals surface area contributed by atoms with Crippen molar-refractivity contribution in [2.24, 2.45) is 0 Å². The monoisotopic (exact) mass is 232 g/mol. The lowest BCUT2D eigenvalue weighted by Gasteiger charge is -2.35. The summed E-state index contributed by atoms with van der Waals surface area (Å²) >= 11 is 0. The lowest BCUT2D eigenvalue weighted by Crippen LogP contribution is -2.44. The van der Waals surface area contributed by atoms with Crippen LogP contribution in [0.1, 0.15) is 6.92 Å². The Bertz CT molecular complexity index is 536. The van der Waals surface area contributed by atoms with Crippen molar-refractivity contribution in [1.29, 1.82) is 0 Å². The number of aromatic amines is 1. The molecular formula is C12H16N4O. The van der Waals surface area contributed by atoms with Gasteiger partial charge in [-0.1, -0.05) is 0 Å². The molecule has 1 saturated heterocycles. The van der Waals surface area contributed by atoms with Gasteiger partial charge >= 0.3 is 0 Å². The van der Waals surface area contributed by atoms with Crippen molar-refractivity contribution in [2.45, 2.75) is 13.0 Å². The fraction of sp³-hybridized carbons (Fsp3) is 0.417. The smallest absolute Gasteiger partial charge is 0.0672 e. The van der Waals surface area contributed by atoms with Gasteiger partial charge in [0.25, 0.3) is 0 Å². The first-order valence-electron chi connectivity index (χ1n) is 5.82. The van der Waals surface area contributed by atoms with Gasteiger partial charge in [0.1, 0.15) is 0 Å². The van der Waals surface area contributed by atoms with Gasteiger partial charge in [-0.3, -0.25) is 5.10 Å². The Morgan fingerprint density at radius 1 is 1.53 bits per heavy atom. The van der Waals surface area contributed by atoms with Crippen LogP contribution in [0.3, 0.4) is 0 Å². The van der Waals surface area contributed by atoms with E-state index in [-0.39, 0.29) is 0 Å². The van der Waals surface area contributed by atoms with Crippen molar-refractivity contribution in [2.75, 3.05) is 30.4 Å². The average Bonchev–Trinajstić information content (AvgIpc) is 2.76. The number of morpholine rings is 1. The summed E-state index contributed by atoms with van der Waals surface area (Å²) in [6, 6.07) is 4.39. The molecule has 0 bridgehead atoms. The van der Waals surface area contributed by atoms with Crippen molar-refractivity contribution in [3.05, 3.63) is 18.3 Å². The van der Waals surface area contributed by atoms with Crippen LogP contribution in [0, 0.1) is 0 Å². The Morgan fingerprint density at radius 3 is 3.24 bits per heavy atom. The number of hydrogen-bond donors (Lipinski definition) is 2. The second-order valence-electron chi connectivity index (χ2n) is 4.49. The molecule has 0 radical (unpaired) electrons. The van der Waals surface area contributed by atoms with Gasteiger partial charge in [0.15, 0.2) is 0 Å². The van der Waals surface area contributed by atoms with Crippen LogP contribution in [0.5, 0.6) is 0 Å². The zero-order valence-electron chi connectivity index (χ0n) is 9.81. The minimum atomic E-state index is 0.353. The lowest BCUT2D eigenvalue weighted by molar-refractivity contribution is 0.0990. The molecule has 1 aliphatic rings. The van der Waals surface area contributed by atoms with E-state index in [1.165, 1.54) is 0 Å². The maximum Gasteiger partial charge on any atom is 0.0672 e. The van der Waals surface area contributed by atoms with E-state index in [0.29, 0.717) is 6.04 Å². The SMILES string of the molecule is CC1COCCN1c1cc2[nH]ncc2cc1N. The van der Waals surface area contributed by atoms with Crippen LogP contribution >= 0.6 is 0 Å². The Labute approximate surface area is 99.5 Å². The number of nitrogens with zero attached hydrogens (tertiary/aromatic N) is 2. The van der Waals surface area contributed by atoms with E-state index < -0.39 is 0 Å². The number of hydrogen-bond acceptors (Lipinski definition) is 4. The number of ether oxygens (including phenoxy) is 1. The molecule has 2 heterocycles. The number of nitrogens with one attached hydrogen (secondary N) is 1. The second kappa shape index (κ2) is 3.92. The van der Waals surface area contributed by atoms with Crippen LogP contribution in [-0.2, 0) is 4.74 Å². The normalized spacial score (nSPS) is 21.0. The first-order valence-corrected chi connectivity index (χ1v) is 5.82. The summed E-state index contributed by atoms with van der Waals surface area (Å²) in [6.07, 6.45) is 1.79. The van der Waals surface area contributed by atoms with E-state index >= 15 is 0 Å². The molecule has 0 amide bonds. The Balaban J connectivity index is 2.05. The fourth-order valence-corrected chi connectivity index (χ4v) is 2.33. The lowest BCUT2D eigenvalue weighted by atomic mass is 10.1. The van der Waals surface area contributed by atoms with Crippen LogP contribution < -0.4 is 10.6 Å². The predicted molar refractivity (Wildman–Crippen MR) is 68.1 cm³/mol. The highest BCUT2D eigenvalue weighted by Crippen LogP contribution is 2.30. The van der Waals surface area contributed by atoms with E-state index in [4.69, 9.17) is 10.5 Å². The molecule has 1 unspecified atom stereocenters. The molecule has 0 aliphatic carbocycles. The second-order valence-corrected chi connectivity index (χ2v) is 4.49. The summed E-state index contributed by atoms with van der Waals surface area (Å²) in [6.45, 7) is 4.53. The fourth-order valence-electron chi connectivity index (χ4n) is 2.33. The molecule has 1 aromatic heterocycles. The molecule has 1 fully saturated rings. The minimum absolute atomic E-state index is 0.353. The summed E-state index contributed by atoms with van der Waals surface area (Å²) in [5.74, 6) is 0. The maximum absolute atomic E-state index is 6.11. The zero-order valence-corrected chi connectivity index (χ0v) is 9.81. The van der Waals surface area contributed by atoms with Crippen molar-refractivity contribution < 1.29 is 4.74 Å². The topological polar surface area (TPSA) is 67.2 Å². The molecule has 0 saturated carbocycles. The molecule has 5 heteroatoms. The van der Waals surface area contributed by atoms with Gasteiger partial charge in [0, 0.05) is 18.0 Å². The van der Waals surface area contributed by atoms with Gasteiger partial charge < -0.3 is 15.4 Å². The molecular weight excluding hydrogens is 216 g/mol. The molecule has 0 spiro atoms. The van der Waals surface area contributed by atoms with Crippen LogP contribution in [-0.4, -0.2) is 36.0 Å².